The van der Waals surface area contributed by atoms with E-state index in [1.165, 1.54) is 6.42 Å². The molecule has 2 atom stereocenters. The van der Waals surface area contributed by atoms with Gasteiger partial charge in [-0.05, 0) is 36.6 Å². The predicted molar refractivity (Wildman–Crippen MR) is 78.9 cm³/mol. The Morgan fingerprint density at radius 2 is 2.15 bits per heavy atom. The molecule has 0 radical (unpaired) electrons. The highest BCUT2D eigenvalue weighted by Crippen LogP contribution is 2.38. The first-order chi connectivity index (χ1) is 9.72. The molecule has 1 aliphatic heterocycles. The first kappa shape index (κ1) is 12.2. The van der Waals surface area contributed by atoms with Crippen LogP contribution in [0.5, 0.6) is 0 Å². The Kier molecular flexibility index (Phi) is 2.71. The molecule has 2 aromatic rings. The van der Waals surface area contributed by atoms with Crippen molar-refractivity contribution in [2.45, 2.75) is 25.3 Å². The Balaban J connectivity index is 1.73. The second kappa shape index (κ2) is 4.45. The molecule has 4 rings (SSSR count). The van der Waals surface area contributed by atoms with Crippen molar-refractivity contribution >= 4 is 28.3 Å². The van der Waals surface area contributed by atoms with Crippen LogP contribution in [-0.4, -0.2) is 28.4 Å². The molecule has 0 spiro atoms. The first-order valence-corrected chi connectivity index (χ1v) is 7.46. The first-order valence-electron chi connectivity index (χ1n) is 7.08. The smallest absolute Gasteiger partial charge is 0.272 e. The number of hydrogen-bond donors (Lipinski definition) is 0. The number of nitrogens with zero attached hydrogens (tertiary/aromatic N) is 2. The largest absolute Gasteiger partial charge is 0.334 e. The van der Waals surface area contributed by atoms with Crippen molar-refractivity contribution < 1.29 is 4.79 Å². The number of aromatic nitrogens is 1. The highest BCUT2D eigenvalue weighted by Gasteiger charge is 2.40. The van der Waals surface area contributed by atoms with Crippen molar-refractivity contribution in [1.82, 2.24) is 9.88 Å². The zero-order chi connectivity index (χ0) is 13.7. The summed E-state index contributed by atoms with van der Waals surface area (Å²) < 4.78 is 0. The molecule has 4 heteroatoms. The number of halogens is 1. The van der Waals surface area contributed by atoms with E-state index < -0.39 is 0 Å². The number of carbonyl (C=O) groups excluding carboxylic acids is 1. The highest BCUT2D eigenvalue weighted by atomic mass is 35.5. The third-order valence-electron chi connectivity index (χ3n) is 4.58. The average molecular weight is 287 g/mol. The normalized spacial score (nSPS) is 24.6. The summed E-state index contributed by atoms with van der Waals surface area (Å²) in [6.45, 7) is 0.885. The van der Waals surface area contributed by atoms with Gasteiger partial charge in [0.05, 0.1) is 0 Å². The quantitative estimate of drug-likeness (QED) is 0.752. The Morgan fingerprint density at radius 3 is 2.90 bits per heavy atom. The zero-order valence-corrected chi connectivity index (χ0v) is 11.8. The van der Waals surface area contributed by atoms with Gasteiger partial charge in [-0.2, -0.15) is 0 Å². The van der Waals surface area contributed by atoms with Gasteiger partial charge >= 0.3 is 0 Å². The second-order valence-corrected chi connectivity index (χ2v) is 6.17. The van der Waals surface area contributed by atoms with Crippen LogP contribution in [0.3, 0.4) is 0 Å². The molecule has 2 heterocycles. The van der Waals surface area contributed by atoms with E-state index in [0.717, 1.165) is 30.2 Å². The number of rotatable bonds is 1. The van der Waals surface area contributed by atoms with Crippen LogP contribution in [0.25, 0.3) is 10.8 Å². The van der Waals surface area contributed by atoms with E-state index in [1.807, 2.05) is 35.2 Å². The van der Waals surface area contributed by atoms with E-state index in [1.54, 1.807) is 0 Å². The lowest BCUT2D eigenvalue weighted by Crippen LogP contribution is -2.38. The molecule has 1 aromatic heterocycles. The number of pyridine rings is 1. The molecule has 1 aliphatic carbocycles. The van der Waals surface area contributed by atoms with Gasteiger partial charge in [-0.25, -0.2) is 4.98 Å². The molecule has 0 N–H and O–H groups in total. The molecule has 2 fully saturated rings. The molecule has 3 nitrogen and oxygen atoms in total. The predicted octanol–water partition coefficient (Wildman–Crippen LogP) is 3.51. The fraction of sp³-hybridized carbons (Fsp3) is 0.375. The van der Waals surface area contributed by atoms with Gasteiger partial charge in [-0.1, -0.05) is 35.9 Å². The summed E-state index contributed by atoms with van der Waals surface area (Å²) in [5.74, 6) is 0.727. The van der Waals surface area contributed by atoms with Crippen molar-refractivity contribution in [2.24, 2.45) is 5.92 Å². The van der Waals surface area contributed by atoms with Gasteiger partial charge in [-0.15, -0.1) is 0 Å². The van der Waals surface area contributed by atoms with Crippen molar-refractivity contribution in [3.8, 4) is 0 Å². The molecular formula is C16H15ClN2O. The zero-order valence-electron chi connectivity index (χ0n) is 11.1. The lowest BCUT2D eigenvalue weighted by molar-refractivity contribution is 0.0698. The summed E-state index contributed by atoms with van der Waals surface area (Å²) in [6.07, 6.45) is 3.56. The van der Waals surface area contributed by atoms with Gasteiger partial charge in [-0.3, -0.25) is 4.79 Å². The van der Waals surface area contributed by atoms with E-state index in [9.17, 15) is 4.79 Å². The van der Waals surface area contributed by atoms with Gasteiger partial charge in [0, 0.05) is 18.0 Å². The molecule has 1 saturated carbocycles. The Bertz CT molecular complexity index is 700. The monoisotopic (exact) mass is 286 g/mol. The van der Waals surface area contributed by atoms with Crippen LogP contribution in [0.15, 0.2) is 30.3 Å². The molecule has 1 aromatic carbocycles. The maximum atomic E-state index is 12.6. The summed E-state index contributed by atoms with van der Waals surface area (Å²) in [6, 6.07) is 10.0. The van der Waals surface area contributed by atoms with Gasteiger partial charge in [0.1, 0.15) is 10.8 Å². The number of piperidine rings is 1. The molecule has 1 saturated heterocycles. The van der Waals surface area contributed by atoms with Crippen LogP contribution >= 0.6 is 11.6 Å². The summed E-state index contributed by atoms with van der Waals surface area (Å²) in [5, 5.41) is 2.28. The summed E-state index contributed by atoms with van der Waals surface area (Å²) in [5.41, 5.74) is 0.473. The maximum absolute atomic E-state index is 12.6. The minimum atomic E-state index is 0.0323. The topological polar surface area (TPSA) is 33.2 Å². The molecule has 2 bridgehead atoms. The Morgan fingerprint density at radius 1 is 1.30 bits per heavy atom. The van der Waals surface area contributed by atoms with Crippen molar-refractivity contribution in [1.29, 1.82) is 0 Å². The van der Waals surface area contributed by atoms with Gasteiger partial charge in [0.2, 0.25) is 0 Å². The average Bonchev–Trinajstić information content (AvgIpc) is 3.09. The molecular weight excluding hydrogens is 272 g/mol. The summed E-state index contributed by atoms with van der Waals surface area (Å²) in [7, 11) is 0. The van der Waals surface area contributed by atoms with Gasteiger partial charge < -0.3 is 4.90 Å². The molecule has 2 aliphatic rings. The van der Waals surface area contributed by atoms with Crippen molar-refractivity contribution in [2.75, 3.05) is 6.54 Å². The molecule has 20 heavy (non-hydrogen) atoms. The lowest BCUT2D eigenvalue weighted by atomic mass is 10.1. The minimum Gasteiger partial charge on any atom is -0.334 e. The van der Waals surface area contributed by atoms with E-state index in [0.29, 0.717) is 22.8 Å². The standard InChI is InChI=1S/C16H15ClN2O/c17-15-13-4-2-1-3-11(13)8-14(18-15)16(20)19-9-10-5-6-12(19)7-10/h1-4,8,10,12H,5-7,9H2. The molecule has 2 unspecified atom stereocenters. The van der Waals surface area contributed by atoms with Crippen LogP contribution in [-0.2, 0) is 0 Å². The summed E-state index contributed by atoms with van der Waals surface area (Å²) >= 11 is 6.21. The fourth-order valence-corrected chi connectivity index (χ4v) is 3.85. The Labute approximate surface area is 122 Å². The van der Waals surface area contributed by atoms with Crippen LogP contribution in [0, 0.1) is 5.92 Å². The Hall–Kier alpha value is -1.61. The number of likely N-dealkylation sites (tertiary alicyclic amines) is 1. The minimum absolute atomic E-state index is 0.0323. The SMILES string of the molecule is O=C(c1cc2ccccc2c(Cl)n1)N1CC2CCC1C2. The highest BCUT2D eigenvalue weighted by molar-refractivity contribution is 6.34. The van der Waals surface area contributed by atoms with E-state index >= 15 is 0 Å². The number of amides is 1. The van der Waals surface area contributed by atoms with Gasteiger partial charge in [0.25, 0.3) is 5.91 Å². The number of carbonyl (C=O) groups is 1. The second-order valence-electron chi connectivity index (χ2n) is 5.81. The third kappa shape index (κ3) is 1.80. The fourth-order valence-electron chi connectivity index (χ4n) is 3.59. The lowest BCUT2D eigenvalue weighted by Gasteiger charge is -2.26. The van der Waals surface area contributed by atoms with E-state index in [2.05, 4.69) is 4.98 Å². The number of fused-ring (bicyclic) bond motifs is 3. The van der Waals surface area contributed by atoms with Crippen LogP contribution in [0.2, 0.25) is 5.15 Å². The third-order valence-corrected chi connectivity index (χ3v) is 4.87. The maximum Gasteiger partial charge on any atom is 0.272 e. The van der Waals surface area contributed by atoms with E-state index in [-0.39, 0.29) is 5.91 Å². The van der Waals surface area contributed by atoms with Crippen molar-refractivity contribution in [3.05, 3.63) is 41.2 Å². The summed E-state index contributed by atoms with van der Waals surface area (Å²) in [4.78, 5) is 18.9. The van der Waals surface area contributed by atoms with E-state index in [4.69, 9.17) is 11.6 Å². The number of hydrogen-bond acceptors (Lipinski definition) is 2. The molecule has 102 valence electrons. The van der Waals surface area contributed by atoms with Crippen molar-refractivity contribution in [3.63, 3.8) is 0 Å². The molecule has 1 amide bonds. The number of benzene rings is 1. The van der Waals surface area contributed by atoms with Crippen LogP contribution < -0.4 is 0 Å². The van der Waals surface area contributed by atoms with Gasteiger partial charge in [0.15, 0.2) is 0 Å². The van der Waals surface area contributed by atoms with Crippen LogP contribution in [0.1, 0.15) is 29.8 Å². The van der Waals surface area contributed by atoms with Crippen LogP contribution in [0.4, 0.5) is 0 Å².